The summed E-state index contributed by atoms with van der Waals surface area (Å²) in [6, 6.07) is 17.7. The van der Waals surface area contributed by atoms with Crippen LogP contribution >= 0.6 is 0 Å². The SMILES string of the molecule is CCO.CCO.COc1cccc(C(=O)CC[NH2+]c2cc(C)[nH+]c3ccccc23)c1.[Cl-].[Cl-]. The number of aryl methyl sites for hydroxylation is 1. The molecule has 0 radical (unpaired) electrons. The number of aromatic nitrogens is 1. The summed E-state index contributed by atoms with van der Waals surface area (Å²) in [6.07, 6.45) is 0.485. The second-order valence-electron chi connectivity index (χ2n) is 6.48. The first-order chi connectivity index (χ1) is 14.5. The first-order valence-electron chi connectivity index (χ1n) is 10.1. The molecule has 0 saturated heterocycles. The molecule has 0 bridgehead atoms. The van der Waals surface area contributed by atoms with Crippen LogP contribution in [0.2, 0.25) is 0 Å². The molecule has 2 aromatic carbocycles. The van der Waals surface area contributed by atoms with E-state index in [-0.39, 0.29) is 43.8 Å². The van der Waals surface area contributed by atoms with E-state index in [4.69, 9.17) is 14.9 Å². The number of rotatable bonds is 6. The van der Waals surface area contributed by atoms with E-state index in [1.54, 1.807) is 27.0 Å². The Labute approximate surface area is 202 Å². The summed E-state index contributed by atoms with van der Waals surface area (Å²) in [5, 5.41) is 18.5. The number of halogens is 2. The number of aromatic amines is 1. The monoisotopic (exact) mass is 484 g/mol. The normalized spacial score (nSPS) is 9.19. The van der Waals surface area contributed by atoms with Gasteiger partial charge in [0.1, 0.15) is 16.8 Å². The first-order valence-corrected chi connectivity index (χ1v) is 10.1. The van der Waals surface area contributed by atoms with Crippen LogP contribution in [0.3, 0.4) is 0 Å². The highest BCUT2D eigenvalue weighted by molar-refractivity contribution is 5.96. The molecule has 32 heavy (non-hydrogen) atoms. The molecule has 1 aromatic heterocycles. The molecule has 0 amide bonds. The van der Waals surface area contributed by atoms with Crippen molar-refractivity contribution in [1.82, 2.24) is 0 Å². The molecule has 0 atom stereocenters. The van der Waals surface area contributed by atoms with Crippen LogP contribution in [0.15, 0.2) is 54.6 Å². The number of benzene rings is 2. The first kappa shape index (κ1) is 32.0. The van der Waals surface area contributed by atoms with Gasteiger partial charge in [-0.2, -0.15) is 0 Å². The minimum absolute atomic E-state index is 0. The van der Waals surface area contributed by atoms with Gasteiger partial charge in [0.15, 0.2) is 11.5 Å². The van der Waals surface area contributed by atoms with Gasteiger partial charge in [0.25, 0.3) is 0 Å². The van der Waals surface area contributed by atoms with Gasteiger partial charge >= 0.3 is 0 Å². The number of aliphatic hydroxyl groups is 2. The fourth-order valence-electron chi connectivity index (χ4n) is 2.87. The Morgan fingerprint density at radius 1 is 1.00 bits per heavy atom. The average Bonchev–Trinajstić information content (AvgIpc) is 2.74. The number of Topliss-reactive ketones (excluding diaryl/α,β-unsaturated/α-hetero) is 1. The molecule has 0 fully saturated rings. The number of hydrogen-bond acceptors (Lipinski definition) is 4. The number of ketones is 1. The summed E-state index contributed by atoms with van der Waals surface area (Å²) in [6.45, 7) is 6.62. The second kappa shape index (κ2) is 18.4. The number of fused-ring (bicyclic) bond motifs is 1. The number of quaternary nitrogens is 1. The van der Waals surface area contributed by atoms with Crippen molar-refractivity contribution >= 4 is 22.4 Å². The fourth-order valence-corrected chi connectivity index (χ4v) is 2.87. The van der Waals surface area contributed by atoms with Crippen LogP contribution in [0.25, 0.3) is 10.9 Å². The quantitative estimate of drug-likeness (QED) is 0.315. The number of pyridine rings is 1. The van der Waals surface area contributed by atoms with Gasteiger partial charge in [-0.3, -0.25) is 4.79 Å². The van der Waals surface area contributed by atoms with Gasteiger partial charge in [0.05, 0.1) is 26.1 Å². The fraction of sp³-hybridized carbons (Fsp3) is 0.333. The summed E-state index contributed by atoms with van der Waals surface area (Å²) in [4.78, 5) is 15.7. The molecule has 0 aliphatic rings. The minimum Gasteiger partial charge on any atom is -1.00 e. The van der Waals surface area contributed by atoms with Crippen molar-refractivity contribution in [3.05, 3.63) is 65.9 Å². The molecule has 0 unspecified atom stereocenters. The summed E-state index contributed by atoms with van der Waals surface area (Å²) >= 11 is 0. The second-order valence-corrected chi connectivity index (χ2v) is 6.48. The molecule has 178 valence electrons. The third-order valence-electron chi connectivity index (χ3n) is 4.07. The number of nitrogens with one attached hydrogen (secondary N) is 1. The highest BCUT2D eigenvalue weighted by Gasteiger charge is 2.13. The van der Waals surface area contributed by atoms with Crippen LogP contribution in [-0.2, 0) is 0 Å². The van der Waals surface area contributed by atoms with Gasteiger partial charge in [-0.25, -0.2) is 4.98 Å². The van der Waals surface area contributed by atoms with Gasteiger partial charge in [-0.05, 0) is 32.0 Å². The summed E-state index contributed by atoms with van der Waals surface area (Å²) < 4.78 is 5.18. The molecule has 8 heteroatoms. The molecule has 0 aliphatic heterocycles. The maximum atomic E-state index is 12.4. The smallest absolute Gasteiger partial charge is 0.217 e. The van der Waals surface area contributed by atoms with Gasteiger partial charge in [0.2, 0.25) is 5.52 Å². The maximum absolute atomic E-state index is 12.4. The molecular formula is C24H34Cl2N2O4. The van der Waals surface area contributed by atoms with Crippen LogP contribution in [0.5, 0.6) is 5.75 Å². The van der Waals surface area contributed by atoms with Crippen LogP contribution in [0.1, 0.15) is 36.3 Å². The van der Waals surface area contributed by atoms with Crippen LogP contribution in [0.4, 0.5) is 5.69 Å². The maximum Gasteiger partial charge on any atom is 0.217 e. The number of carbonyl (C=O) groups is 1. The number of H-pyrrole nitrogens is 1. The zero-order valence-corrected chi connectivity index (χ0v) is 20.6. The molecule has 1 heterocycles. The molecule has 0 aliphatic carbocycles. The topological polar surface area (TPSA) is 97.5 Å². The highest BCUT2D eigenvalue weighted by atomic mass is 35.5. The molecule has 3 aromatic rings. The standard InChI is InChI=1S/C20H20N2O2.2C2H6O.2ClH/c1-14-12-19(17-8-3-4-9-18(17)22-14)21-11-10-20(23)15-6-5-7-16(13-15)24-2;2*1-2-3;;/h3-9,12-13H,10-11H2,1-2H3,(H,21,22);2*3H,2H2,1H3;2*1H. The lowest BCUT2D eigenvalue weighted by molar-refractivity contribution is -0.569. The van der Waals surface area contributed by atoms with E-state index in [0.717, 1.165) is 11.2 Å². The Morgan fingerprint density at radius 2 is 1.62 bits per heavy atom. The highest BCUT2D eigenvalue weighted by Crippen LogP contribution is 2.16. The van der Waals surface area contributed by atoms with E-state index in [1.165, 1.54) is 11.1 Å². The number of para-hydroxylation sites is 1. The van der Waals surface area contributed by atoms with Crippen molar-refractivity contribution in [3.63, 3.8) is 0 Å². The summed E-state index contributed by atoms with van der Waals surface area (Å²) in [5.74, 6) is 0.846. The van der Waals surface area contributed by atoms with Crippen molar-refractivity contribution in [2.45, 2.75) is 27.2 Å². The van der Waals surface area contributed by atoms with E-state index >= 15 is 0 Å². The van der Waals surface area contributed by atoms with Crippen LogP contribution in [0, 0.1) is 6.92 Å². The van der Waals surface area contributed by atoms with E-state index in [9.17, 15) is 4.79 Å². The lowest BCUT2D eigenvalue weighted by atomic mass is 10.1. The Morgan fingerprint density at radius 3 is 2.25 bits per heavy atom. The third-order valence-corrected chi connectivity index (χ3v) is 4.07. The zero-order chi connectivity index (χ0) is 22.4. The van der Waals surface area contributed by atoms with Crippen molar-refractivity contribution in [3.8, 4) is 5.75 Å². The minimum atomic E-state index is 0. The largest absolute Gasteiger partial charge is 1.00 e. The average molecular weight is 485 g/mol. The Hall–Kier alpha value is -2.22. The molecular weight excluding hydrogens is 451 g/mol. The van der Waals surface area contributed by atoms with Crippen molar-refractivity contribution in [2.24, 2.45) is 0 Å². The predicted octanol–water partition coefficient (Wildman–Crippen LogP) is -3.56. The number of carbonyl (C=O) groups excluding carboxylic acids is 1. The molecule has 3 rings (SSSR count). The van der Waals surface area contributed by atoms with E-state index in [0.29, 0.717) is 24.3 Å². The molecule has 5 N–H and O–H groups in total. The van der Waals surface area contributed by atoms with Crippen molar-refractivity contribution < 1.29 is 54.9 Å². The number of methoxy groups -OCH3 is 1. The van der Waals surface area contributed by atoms with Crippen molar-refractivity contribution in [1.29, 1.82) is 0 Å². The van der Waals surface area contributed by atoms with E-state index in [2.05, 4.69) is 28.5 Å². The lowest BCUT2D eigenvalue weighted by Crippen LogP contribution is -3.00. The summed E-state index contributed by atoms with van der Waals surface area (Å²) in [5.41, 5.74) is 4.09. The number of hydrogen-bond donors (Lipinski definition) is 3. The van der Waals surface area contributed by atoms with Crippen LogP contribution < -0.4 is 39.9 Å². The molecule has 0 saturated carbocycles. The summed E-state index contributed by atoms with van der Waals surface area (Å²) in [7, 11) is 1.61. The van der Waals surface area contributed by atoms with Crippen molar-refractivity contribution in [2.75, 3.05) is 26.9 Å². The van der Waals surface area contributed by atoms with Crippen LogP contribution in [-0.4, -0.2) is 42.9 Å². The number of nitrogens with two attached hydrogens (primary N) is 1. The molecule has 6 nitrogen and oxygen atoms in total. The Balaban J connectivity index is 0. The predicted molar refractivity (Wildman–Crippen MR) is 119 cm³/mol. The van der Waals surface area contributed by atoms with Gasteiger partial charge in [0, 0.05) is 31.8 Å². The number of ether oxygens (including phenoxy) is 1. The number of aliphatic hydroxyl groups excluding tert-OH is 2. The lowest BCUT2D eigenvalue weighted by Gasteiger charge is -2.05. The van der Waals surface area contributed by atoms with E-state index < -0.39 is 0 Å². The Bertz CT molecular complexity index is 921. The van der Waals surface area contributed by atoms with E-state index in [1.807, 2.05) is 37.3 Å². The Kier molecular flexibility index (Phi) is 18.3. The molecule has 0 spiro atoms. The van der Waals surface area contributed by atoms with Gasteiger partial charge in [-0.15, -0.1) is 0 Å². The third kappa shape index (κ3) is 10.9. The van der Waals surface area contributed by atoms with Gasteiger partial charge < -0.3 is 45.1 Å². The zero-order valence-electron chi connectivity index (χ0n) is 19.1. The van der Waals surface area contributed by atoms with Gasteiger partial charge in [-0.1, -0.05) is 24.3 Å².